The minimum Gasteiger partial charge on any atom is -0.508 e. The molecule has 0 spiro atoms. The summed E-state index contributed by atoms with van der Waals surface area (Å²) < 4.78 is 0. The maximum atomic E-state index is 10.8. The highest BCUT2D eigenvalue weighted by molar-refractivity contribution is 7.99. The van der Waals surface area contributed by atoms with Crippen molar-refractivity contribution in [1.29, 1.82) is 0 Å². The number of nitro groups is 1. The predicted octanol–water partition coefficient (Wildman–Crippen LogP) is 4.16. The molecule has 2 aromatic rings. The SMILES string of the molecule is O=[N+]([O-])CC(Sc1ccc(Cl)cc1)c1ccc(O)cc1. The molecule has 20 heavy (non-hydrogen) atoms. The van der Waals surface area contributed by atoms with Crippen LogP contribution in [0.15, 0.2) is 53.4 Å². The molecule has 0 heterocycles. The molecule has 0 aromatic heterocycles. The molecule has 0 aliphatic heterocycles. The summed E-state index contributed by atoms with van der Waals surface area (Å²) in [5.74, 6) is 0.144. The highest BCUT2D eigenvalue weighted by atomic mass is 35.5. The summed E-state index contributed by atoms with van der Waals surface area (Å²) in [6, 6.07) is 13.6. The molecule has 0 saturated heterocycles. The molecule has 0 aliphatic carbocycles. The largest absolute Gasteiger partial charge is 0.508 e. The Balaban J connectivity index is 2.21. The van der Waals surface area contributed by atoms with Crippen LogP contribution in [0.3, 0.4) is 0 Å². The topological polar surface area (TPSA) is 63.4 Å². The third-order valence-electron chi connectivity index (χ3n) is 2.67. The van der Waals surface area contributed by atoms with Gasteiger partial charge >= 0.3 is 0 Å². The summed E-state index contributed by atoms with van der Waals surface area (Å²) >= 11 is 7.22. The zero-order chi connectivity index (χ0) is 14.5. The molecule has 1 N–H and O–H groups in total. The maximum absolute atomic E-state index is 10.8. The van der Waals surface area contributed by atoms with Gasteiger partial charge in [-0.2, -0.15) is 0 Å². The number of phenolic OH excluding ortho intramolecular Hbond substituents is 1. The van der Waals surface area contributed by atoms with Crippen molar-refractivity contribution in [3.05, 3.63) is 69.2 Å². The van der Waals surface area contributed by atoms with Gasteiger partial charge in [0.25, 0.3) is 0 Å². The zero-order valence-corrected chi connectivity index (χ0v) is 12.0. The van der Waals surface area contributed by atoms with Gasteiger partial charge in [-0.15, -0.1) is 11.8 Å². The van der Waals surface area contributed by atoms with E-state index in [0.717, 1.165) is 10.5 Å². The number of nitrogens with zero attached hydrogens (tertiary/aromatic N) is 1. The van der Waals surface area contributed by atoms with E-state index in [9.17, 15) is 15.2 Å². The van der Waals surface area contributed by atoms with Crippen LogP contribution < -0.4 is 0 Å². The first-order chi connectivity index (χ1) is 9.54. The Kier molecular flexibility index (Phi) is 4.87. The fraction of sp³-hybridized carbons (Fsp3) is 0.143. The summed E-state index contributed by atoms with van der Waals surface area (Å²) in [4.78, 5) is 11.4. The number of thioether (sulfide) groups is 1. The van der Waals surface area contributed by atoms with E-state index in [-0.39, 0.29) is 22.5 Å². The van der Waals surface area contributed by atoms with Gasteiger partial charge in [-0.05, 0) is 42.0 Å². The van der Waals surface area contributed by atoms with Crippen molar-refractivity contribution in [2.75, 3.05) is 6.54 Å². The van der Waals surface area contributed by atoms with Crippen LogP contribution in [0.2, 0.25) is 5.02 Å². The quantitative estimate of drug-likeness (QED) is 0.512. The highest BCUT2D eigenvalue weighted by Gasteiger charge is 2.19. The lowest BCUT2D eigenvalue weighted by atomic mass is 10.1. The van der Waals surface area contributed by atoms with E-state index in [1.165, 1.54) is 23.9 Å². The van der Waals surface area contributed by atoms with Crippen molar-refractivity contribution in [1.82, 2.24) is 0 Å². The molecule has 0 fully saturated rings. The van der Waals surface area contributed by atoms with Crippen LogP contribution >= 0.6 is 23.4 Å². The molecule has 0 saturated carbocycles. The number of benzene rings is 2. The van der Waals surface area contributed by atoms with Gasteiger partial charge < -0.3 is 5.11 Å². The second-order valence-electron chi connectivity index (χ2n) is 4.17. The van der Waals surface area contributed by atoms with Crippen molar-refractivity contribution in [3.8, 4) is 5.75 Å². The van der Waals surface area contributed by atoms with Crippen LogP contribution in [0.5, 0.6) is 5.75 Å². The first kappa shape index (κ1) is 14.7. The Morgan fingerprint density at radius 2 is 1.75 bits per heavy atom. The molecule has 6 heteroatoms. The third kappa shape index (κ3) is 4.15. The number of hydrogen-bond donors (Lipinski definition) is 1. The van der Waals surface area contributed by atoms with Crippen molar-refractivity contribution >= 4 is 23.4 Å². The number of phenols is 1. The first-order valence-corrected chi connectivity index (χ1v) is 7.13. The van der Waals surface area contributed by atoms with Gasteiger partial charge in [-0.3, -0.25) is 10.1 Å². The lowest BCUT2D eigenvalue weighted by Crippen LogP contribution is -2.09. The number of halogens is 1. The average molecular weight is 310 g/mol. The molecule has 2 rings (SSSR count). The number of aromatic hydroxyl groups is 1. The summed E-state index contributed by atoms with van der Waals surface area (Å²) in [6.07, 6.45) is 0. The van der Waals surface area contributed by atoms with E-state index in [0.29, 0.717) is 5.02 Å². The second kappa shape index (κ2) is 6.63. The van der Waals surface area contributed by atoms with E-state index in [4.69, 9.17) is 11.6 Å². The first-order valence-electron chi connectivity index (χ1n) is 5.87. The summed E-state index contributed by atoms with van der Waals surface area (Å²) in [5.41, 5.74) is 0.805. The van der Waals surface area contributed by atoms with Gasteiger partial charge in [-0.25, -0.2) is 0 Å². The monoisotopic (exact) mass is 309 g/mol. The lowest BCUT2D eigenvalue weighted by Gasteiger charge is -2.13. The third-order valence-corrected chi connectivity index (χ3v) is 4.17. The molecule has 4 nitrogen and oxygen atoms in total. The van der Waals surface area contributed by atoms with Gasteiger partial charge in [0.05, 0.1) is 5.25 Å². The summed E-state index contributed by atoms with van der Waals surface area (Å²) in [7, 11) is 0. The Bertz CT molecular complexity index is 586. The minimum atomic E-state index is -0.333. The molecule has 0 aliphatic rings. The van der Waals surface area contributed by atoms with Crippen molar-refractivity contribution < 1.29 is 10.0 Å². The van der Waals surface area contributed by atoms with Crippen LogP contribution in [0.4, 0.5) is 0 Å². The van der Waals surface area contributed by atoms with Gasteiger partial charge in [0, 0.05) is 14.8 Å². The minimum absolute atomic E-state index is 0.144. The standard InChI is InChI=1S/C14H12ClNO3S/c15-11-3-7-13(8-4-11)20-14(9-16(18)19)10-1-5-12(17)6-2-10/h1-8,14,17H,9H2. The Hall–Kier alpha value is -1.72. The fourth-order valence-corrected chi connectivity index (χ4v) is 2.95. The van der Waals surface area contributed by atoms with E-state index < -0.39 is 0 Å². The van der Waals surface area contributed by atoms with Gasteiger partial charge in [0.1, 0.15) is 5.75 Å². The summed E-state index contributed by atoms with van der Waals surface area (Å²) in [5, 5.41) is 20.4. The molecular formula is C14H12ClNO3S. The van der Waals surface area contributed by atoms with E-state index in [1.807, 2.05) is 12.1 Å². The number of hydrogen-bond acceptors (Lipinski definition) is 4. The Labute approximate surface area is 125 Å². The lowest BCUT2D eigenvalue weighted by molar-refractivity contribution is -0.479. The van der Waals surface area contributed by atoms with Crippen molar-refractivity contribution in [2.24, 2.45) is 0 Å². The molecule has 0 amide bonds. The molecule has 0 bridgehead atoms. The molecule has 104 valence electrons. The fourth-order valence-electron chi connectivity index (χ4n) is 1.71. The molecular weight excluding hydrogens is 298 g/mol. The highest BCUT2D eigenvalue weighted by Crippen LogP contribution is 2.36. The normalized spacial score (nSPS) is 12.1. The Morgan fingerprint density at radius 3 is 2.30 bits per heavy atom. The smallest absolute Gasteiger partial charge is 0.220 e. The summed E-state index contributed by atoms with van der Waals surface area (Å²) in [6.45, 7) is -0.182. The van der Waals surface area contributed by atoms with Gasteiger partial charge in [-0.1, -0.05) is 23.7 Å². The maximum Gasteiger partial charge on any atom is 0.220 e. The van der Waals surface area contributed by atoms with Crippen LogP contribution in [-0.4, -0.2) is 16.6 Å². The average Bonchev–Trinajstić information content (AvgIpc) is 2.41. The second-order valence-corrected chi connectivity index (χ2v) is 5.88. The van der Waals surface area contributed by atoms with Crippen molar-refractivity contribution in [3.63, 3.8) is 0 Å². The zero-order valence-electron chi connectivity index (χ0n) is 10.4. The van der Waals surface area contributed by atoms with Crippen LogP contribution in [0.1, 0.15) is 10.8 Å². The van der Waals surface area contributed by atoms with E-state index in [1.54, 1.807) is 24.3 Å². The van der Waals surface area contributed by atoms with Crippen LogP contribution in [0, 0.1) is 10.1 Å². The Morgan fingerprint density at radius 1 is 1.15 bits per heavy atom. The van der Waals surface area contributed by atoms with E-state index >= 15 is 0 Å². The van der Waals surface area contributed by atoms with Crippen molar-refractivity contribution in [2.45, 2.75) is 10.1 Å². The van der Waals surface area contributed by atoms with Crippen LogP contribution in [-0.2, 0) is 0 Å². The molecule has 0 radical (unpaired) electrons. The molecule has 1 unspecified atom stereocenters. The van der Waals surface area contributed by atoms with E-state index in [2.05, 4.69) is 0 Å². The van der Waals surface area contributed by atoms with Gasteiger partial charge in [0.15, 0.2) is 0 Å². The molecule has 2 aromatic carbocycles. The van der Waals surface area contributed by atoms with Crippen LogP contribution in [0.25, 0.3) is 0 Å². The molecule has 1 atom stereocenters. The number of rotatable bonds is 5. The van der Waals surface area contributed by atoms with Gasteiger partial charge in [0.2, 0.25) is 6.54 Å². The predicted molar refractivity (Wildman–Crippen MR) is 80.0 cm³/mol.